The highest BCUT2D eigenvalue weighted by Crippen LogP contribution is 2.12. The molecule has 0 nitrogen and oxygen atoms in total. The Labute approximate surface area is 71.0 Å². The summed E-state index contributed by atoms with van der Waals surface area (Å²) in [4.78, 5) is 0. The number of hydrogen-bond acceptors (Lipinski definition) is 0. The molecule has 0 aliphatic rings. The molecule has 1 radical (unpaired) electrons. The fraction of sp³-hybridized carbons (Fsp3) is 0.545. The van der Waals surface area contributed by atoms with E-state index < -0.39 is 0 Å². The largest absolute Gasteiger partial charge is 0.0887 e. The van der Waals surface area contributed by atoms with Crippen molar-refractivity contribution < 1.29 is 0 Å². The molecule has 0 N–H and O–H groups in total. The van der Waals surface area contributed by atoms with Crippen LogP contribution in [0.15, 0.2) is 22.8 Å². The zero-order valence-corrected chi connectivity index (χ0v) is 8.36. The molecule has 0 aromatic heterocycles. The molecule has 63 valence electrons. The van der Waals surface area contributed by atoms with E-state index in [1.807, 2.05) is 0 Å². The molecule has 0 amide bonds. The maximum absolute atomic E-state index is 2.28. The van der Waals surface area contributed by atoms with Gasteiger partial charge in [-0.1, -0.05) is 22.8 Å². The first kappa shape index (κ1) is 10.5. The van der Waals surface area contributed by atoms with Crippen LogP contribution in [-0.4, -0.2) is 0 Å². The predicted octanol–water partition coefficient (Wildman–Crippen LogP) is 3.90. The van der Waals surface area contributed by atoms with Gasteiger partial charge in [0.2, 0.25) is 0 Å². The van der Waals surface area contributed by atoms with Crippen molar-refractivity contribution in [1.82, 2.24) is 0 Å². The molecule has 0 saturated carbocycles. The summed E-state index contributed by atoms with van der Waals surface area (Å²) < 4.78 is 0. The zero-order valence-electron chi connectivity index (χ0n) is 8.36. The minimum Gasteiger partial charge on any atom is -0.0887 e. The van der Waals surface area contributed by atoms with Gasteiger partial charge in [-0.15, -0.1) is 0 Å². The van der Waals surface area contributed by atoms with E-state index in [2.05, 4.69) is 47.1 Å². The Bertz CT molecular complexity index is 166. The van der Waals surface area contributed by atoms with Crippen LogP contribution in [-0.2, 0) is 0 Å². The Kier molecular flexibility index (Phi) is 4.93. The van der Waals surface area contributed by atoms with Crippen molar-refractivity contribution in [2.45, 2.75) is 41.0 Å². The second kappa shape index (κ2) is 5.17. The SMILES string of the molecule is CC=C(C)C[CH]C(C)=C(C)C. The molecular weight excluding hydrogens is 132 g/mol. The van der Waals surface area contributed by atoms with Crippen LogP contribution in [0.2, 0.25) is 0 Å². The van der Waals surface area contributed by atoms with E-state index in [0.29, 0.717) is 0 Å². The van der Waals surface area contributed by atoms with Crippen molar-refractivity contribution in [3.05, 3.63) is 29.2 Å². The lowest BCUT2D eigenvalue weighted by Crippen LogP contribution is -1.84. The van der Waals surface area contributed by atoms with Crippen molar-refractivity contribution in [3.8, 4) is 0 Å². The minimum absolute atomic E-state index is 1.09. The summed E-state index contributed by atoms with van der Waals surface area (Å²) in [6.07, 6.45) is 5.53. The summed E-state index contributed by atoms with van der Waals surface area (Å²) in [6.45, 7) is 10.7. The first-order chi connectivity index (χ1) is 5.07. The van der Waals surface area contributed by atoms with Crippen molar-refractivity contribution in [2.75, 3.05) is 0 Å². The van der Waals surface area contributed by atoms with Gasteiger partial charge in [-0.2, -0.15) is 0 Å². The van der Waals surface area contributed by atoms with Crippen molar-refractivity contribution in [3.63, 3.8) is 0 Å². The molecule has 11 heavy (non-hydrogen) atoms. The van der Waals surface area contributed by atoms with Gasteiger partial charge in [0.05, 0.1) is 0 Å². The monoisotopic (exact) mass is 151 g/mol. The standard InChI is InChI=1S/C11H19/c1-6-10(4)7-8-11(5)9(2)3/h6,8H,7H2,1-5H3. The topological polar surface area (TPSA) is 0 Å². The molecule has 0 aromatic rings. The van der Waals surface area contributed by atoms with Gasteiger partial charge in [0.15, 0.2) is 0 Å². The Morgan fingerprint density at radius 2 is 1.64 bits per heavy atom. The van der Waals surface area contributed by atoms with E-state index in [4.69, 9.17) is 0 Å². The summed E-state index contributed by atoms with van der Waals surface area (Å²) in [5, 5.41) is 0. The summed E-state index contributed by atoms with van der Waals surface area (Å²) in [7, 11) is 0. The van der Waals surface area contributed by atoms with E-state index >= 15 is 0 Å². The van der Waals surface area contributed by atoms with Gasteiger partial charge in [-0.25, -0.2) is 0 Å². The van der Waals surface area contributed by atoms with Gasteiger partial charge in [0, 0.05) is 0 Å². The fourth-order valence-corrected chi connectivity index (χ4v) is 0.636. The van der Waals surface area contributed by atoms with Crippen LogP contribution in [0.3, 0.4) is 0 Å². The number of rotatable bonds is 3. The lowest BCUT2D eigenvalue weighted by atomic mass is 10.0. The van der Waals surface area contributed by atoms with E-state index in [0.717, 1.165) is 6.42 Å². The third-order valence-electron chi connectivity index (χ3n) is 2.01. The van der Waals surface area contributed by atoms with Gasteiger partial charge in [0.25, 0.3) is 0 Å². The lowest BCUT2D eigenvalue weighted by Gasteiger charge is -2.02. The van der Waals surface area contributed by atoms with Gasteiger partial charge in [-0.3, -0.25) is 0 Å². The molecule has 0 rings (SSSR count). The van der Waals surface area contributed by atoms with Crippen LogP contribution in [0.4, 0.5) is 0 Å². The summed E-state index contributed by atoms with van der Waals surface area (Å²) >= 11 is 0. The van der Waals surface area contributed by atoms with Crippen LogP contribution in [0.1, 0.15) is 41.0 Å². The van der Waals surface area contributed by atoms with Gasteiger partial charge in [-0.05, 0) is 47.5 Å². The summed E-state index contributed by atoms with van der Waals surface area (Å²) in [6, 6.07) is 0. The Morgan fingerprint density at radius 3 is 2.00 bits per heavy atom. The second-order valence-electron chi connectivity index (χ2n) is 3.23. The second-order valence-corrected chi connectivity index (χ2v) is 3.23. The molecule has 0 bridgehead atoms. The van der Waals surface area contributed by atoms with Crippen LogP contribution >= 0.6 is 0 Å². The summed E-state index contributed by atoms with van der Waals surface area (Å²) in [5.74, 6) is 0. The molecule has 0 atom stereocenters. The average molecular weight is 151 g/mol. The first-order valence-electron chi connectivity index (χ1n) is 4.17. The van der Waals surface area contributed by atoms with E-state index in [1.165, 1.54) is 16.7 Å². The average Bonchev–Trinajstić information content (AvgIpc) is 1.99. The van der Waals surface area contributed by atoms with Gasteiger partial charge >= 0.3 is 0 Å². The molecule has 0 aliphatic carbocycles. The third kappa shape index (κ3) is 4.83. The molecule has 0 saturated heterocycles. The molecule has 0 heteroatoms. The zero-order chi connectivity index (χ0) is 8.85. The smallest absolute Gasteiger partial charge is 0.00977 e. The third-order valence-corrected chi connectivity index (χ3v) is 2.01. The molecule has 0 aromatic carbocycles. The van der Waals surface area contributed by atoms with Crippen molar-refractivity contribution in [2.24, 2.45) is 0 Å². The molecule has 0 aliphatic heterocycles. The Morgan fingerprint density at radius 1 is 1.09 bits per heavy atom. The Hall–Kier alpha value is -0.520. The highest BCUT2D eigenvalue weighted by Gasteiger charge is 1.93. The quantitative estimate of drug-likeness (QED) is 0.536. The Balaban J connectivity index is 3.82. The molecule has 0 unspecified atom stereocenters. The number of hydrogen-bond donors (Lipinski definition) is 0. The first-order valence-corrected chi connectivity index (χ1v) is 4.17. The van der Waals surface area contributed by atoms with Crippen LogP contribution in [0.25, 0.3) is 0 Å². The lowest BCUT2D eigenvalue weighted by molar-refractivity contribution is 1.08. The van der Waals surface area contributed by atoms with Crippen molar-refractivity contribution >= 4 is 0 Å². The van der Waals surface area contributed by atoms with Crippen molar-refractivity contribution in [1.29, 1.82) is 0 Å². The predicted molar refractivity (Wildman–Crippen MR) is 52.4 cm³/mol. The van der Waals surface area contributed by atoms with E-state index in [9.17, 15) is 0 Å². The molecule has 0 fully saturated rings. The highest BCUT2D eigenvalue weighted by atomic mass is 14.0. The normalized spacial score (nSPS) is 11.5. The van der Waals surface area contributed by atoms with Gasteiger partial charge < -0.3 is 0 Å². The maximum atomic E-state index is 2.28. The molecule has 0 spiro atoms. The number of allylic oxidation sites excluding steroid dienone is 4. The van der Waals surface area contributed by atoms with Crippen LogP contribution in [0, 0.1) is 6.42 Å². The molecular formula is C11H19. The molecule has 0 heterocycles. The minimum atomic E-state index is 1.09. The van der Waals surface area contributed by atoms with Gasteiger partial charge in [0.1, 0.15) is 0 Å². The summed E-state index contributed by atoms with van der Waals surface area (Å²) in [5.41, 5.74) is 4.26. The van der Waals surface area contributed by atoms with E-state index in [-0.39, 0.29) is 0 Å². The van der Waals surface area contributed by atoms with E-state index in [1.54, 1.807) is 0 Å². The van der Waals surface area contributed by atoms with Crippen LogP contribution < -0.4 is 0 Å². The van der Waals surface area contributed by atoms with Crippen LogP contribution in [0.5, 0.6) is 0 Å². The fourth-order valence-electron chi connectivity index (χ4n) is 0.636. The maximum Gasteiger partial charge on any atom is -0.00977 e. The highest BCUT2D eigenvalue weighted by molar-refractivity contribution is 5.19.